The third-order valence-corrected chi connectivity index (χ3v) is 4.31. The van der Waals surface area contributed by atoms with Gasteiger partial charge in [0, 0.05) is 30.0 Å². The monoisotopic (exact) mass is 327 g/mol. The predicted octanol–water partition coefficient (Wildman–Crippen LogP) is 3.21. The third kappa shape index (κ3) is 3.21. The van der Waals surface area contributed by atoms with Crippen LogP contribution < -0.4 is 5.32 Å². The maximum atomic E-state index is 12.8. The number of anilines is 1. The molecule has 0 aliphatic rings. The van der Waals surface area contributed by atoms with Crippen molar-refractivity contribution < 1.29 is 4.79 Å². The Labute approximate surface area is 143 Å². The topological polar surface area (TPSA) is 75.6 Å². The van der Waals surface area contributed by atoms with Crippen LogP contribution in [0.2, 0.25) is 0 Å². The Hall–Kier alpha value is -2.55. The second-order valence-electron chi connectivity index (χ2n) is 7.19. The molecule has 2 aromatic heterocycles. The van der Waals surface area contributed by atoms with Crippen LogP contribution in [0.4, 0.5) is 5.82 Å². The van der Waals surface area contributed by atoms with E-state index < -0.39 is 0 Å². The molecular formula is C18H25N5O. The number of carbonyl (C=O) groups excluding carboxylic acids is 1. The van der Waals surface area contributed by atoms with E-state index >= 15 is 0 Å². The lowest BCUT2D eigenvalue weighted by atomic mass is 9.98. The fraction of sp³-hybridized carbons (Fsp3) is 0.500. The van der Waals surface area contributed by atoms with Crippen molar-refractivity contribution in [2.24, 2.45) is 7.05 Å². The Kier molecular flexibility index (Phi) is 4.57. The van der Waals surface area contributed by atoms with Crippen molar-refractivity contribution in [1.82, 2.24) is 14.3 Å². The van der Waals surface area contributed by atoms with Crippen LogP contribution in [0.25, 0.3) is 0 Å². The molecular weight excluding hydrogens is 302 g/mol. The second-order valence-corrected chi connectivity index (χ2v) is 7.19. The first-order valence-electron chi connectivity index (χ1n) is 8.00. The number of amides is 1. The molecule has 2 heterocycles. The van der Waals surface area contributed by atoms with Crippen molar-refractivity contribution in [3.63, 3.8) is 0 Å². The summed E-state index contributed by atoms with van der Waals surface area (Å²) >= 11 is 0. The minimum Gasteiger partial charge on any atom is -0.328 e. The van der Waals surface area contributed by atoms with Gasteiger partial charge in [0.2, 0.25) is 5.91 Å². The maximum absolute atomic E-state index is 12.8. The summed E-state index contributed by atoms with van der Waals surface area (Å²) in [6.07, 6.45) is 1.76. The van der Waals surface area contributed by atoms with E-state index in [0.717, 1.165) is 17.0 Å². The molecule has 1 N–H and O–H groups in total. The number of aromatic nitrogens is 3. The summed E-state index contributed by atoms with van der Waals surface area (Å²) in [5, 5.41) is 16.5. The first-order valence-corrected chi connectivity index (χ1v) is 8.00. The molecule has 0 aliphatic carbocycles. The molecule has 2 rings (SSSR count). The van der Waals surface area contributed by atoms with Gasteiger partial charge in [-0.05, 0) is 47.6 Å². The van der Waals surface area contributed by atoms with Gasteiger partial charge in [0.15, 0.2) is 0 Å². The predicted molar refractivity (Wildman–Crippen MR) is 93.9 cm³/mol. The molecule has 24 heavy (non-hydrogen) atoms. The maximum Gasteiger partial charge on any atom is 0.232 e. The largest absolute Gasteiger partial charge is 0.328 e. The second kappa shape index (κ2) is 6.16. The van der Waals surface area contributed by atoms with Crippen LogP contribution in [0.3, 0.4) is 0 Å². The fourth-order valence-corrected chi connectivity index (χ4v) is 2.96. The van der Waals surface area contributed by atoms with E-state index in [9.17, 15) is 4.79 Å². The SMILES string of the molecule is Cc1nn(C)c(C)c1[C@@H](C)C(=O)Nc1cc(C#N)cn1C(C)(C)C. The molecule has 1 amide bonds. The summed E-state index contributed by atoms with van der Waals surface area (Å²) in [4.78, 5) is 12.8. The first kappa shape index (κ1) is 17.8. The fourth-order valence-electron chi connectivity index (χ4n) is 2.96. The van der Waals surface area contributed by atoms with Crippen LogP contribution in [0.1, 0.15) is 56.1 Å². The van der Waals surface area contributed by atoms with Crippen LogP contribution in [0, 0.1) is 25.2 Å². The zero-order valence-electron chi connectivity index (χ0n) is 15.4. The van der Waals surface area contributed by atoms with E-state index in [2.05, 4.69) is 16.5 Å². The summed E-state index contributed by atoms with van der Waals surface area (Å²) < 4.78 is 3.71. The zero-order chi connectivity index (χ0) is 18.2. The van der Waals surface area contributed by atoms with Gasteiger partial charge in [-0.3, -0.25) is 9.48 Å². The van der Waals surface area contributed by atoms with E-state index in [-0.39, 0.29) is 17.4 Å². The lowest BCUT2D eigenvalue weighted by molar-refractivity contribution is -0.117. The standard InChI is InChI=1S/C18H25N5O/c1-11(16-12(2)21-22(7)13(16)3)17(24)20-15-8-14(9-19)10-23(15)18(4,5)6/h8,10-11H,1-7H3,(H,20,24)/t11-/m1/s1. The molecule has 0 aliphatic heterocycles. The average molecular weight is 327 g/mol. The Balaban J connectivity index is 2.33. The highest BCUT2D eigenvalue weighted by Gasteiger charge is 2.25. The number of aryl methyl sites for hydroxylation is 2. The van der Waals surface area contributed by atoms with Crippen LogP contribution in [0.15, 0.2) is 12.3 Å². The molecule has 0 unspecified atom stereocenters. The van der Waals surface area contributed by atoms with Gasteiger partial charge in [-0.1, -0.05) is 0 Å². The molecule has 6 nitrogen and oxygen atoms in total. The summed E-state index contributed by atoms with van der Waals surface area (Å²) in [6, 6.07) is 3.84. The number of rotatable bonds is 3. The highest BCUT2D eigenvalue weighted by Crippen LogP contribution is 2.27. The number of carbonyl (C=O) groups is 1. The first-order chi connectivity index (χ1) is 11.1. The number of nitriles is 1. The lowest BCUT2D eigenvalue weighted by Crippen LogP contribution is -2.27. The Morgan fingerprint density at radius 3 is 2.46 bits per heavy atom. The van der Waals surface area contributed by atoms with Gasteiger partial charge in [-0.2, -0.15) is 10.4 Å². The van der Waals surface area contributed by atoms with Gasteiger partial charge in [-0.25, -0.2) is 0 Å². The summed E-state index contributed by atoms with van der Waals surface area (Å²) in [7, 11) is 1.88. The minimum absolute atomic E-state index is 0.109. The zero-order valence-corrected chi connectivity index (χ0v) is 15.4. The van der Waals surface area contributed by atoms with Gasteiger partial charge in [0.1, 0.15) is 11.9 Å². The highest BCUT2D eigenvalue weighted by molar-refractivity contribution is 5.95. The molecule has 0 fully saturated rings. The average Bonchev–Trinajstić information content (AvgIpc) is 2.99. The molecule has 0 spiro atoms. The molecule has 0 radical (unpaired) electrons. The molecule has 0 aromatic carbocycles. The highest BCUT2D eigenvalue weighted by atomic mass is 16.2. The Morgan fingerprint density at radius 1 is 1.38 bits per heavy atom. The normalized spacial score (nSPS) is 12.8. The van der Waals surface area contributed by atoms with E-state index in [4.69, 9.17) is 5.26 Å². The van der Waals surface area contributed by atoms with Crippen molar-refractivity contribution in [2.45, 2.75) is 53.0 Å². The van der Waals surface area contributed by atoms with Gasteiger partial charge >= 0.3 is 0 Å². The van der Waals surface area contributed by atoms with Gasteiger partial charge in [-0.15, -0.1) is 0 Å². The van der Waals surface area contributed by atoms with E-state index in [1.165, 1.54) is 0 Å². The van der Waals surface area contributed by atoms with Crippen molar-refractivity contribution >= 4 is 11.7 Å². The molecule has 2 aromatic rings. The van der Waals surface area contributed by atoms with Crippen LogP contribution in [-0.4, -0.2) is 20.3 Å². The van der Waals surface area contributed by atoms with Crippen molar-refractivity contribution in [2.75, 3.05) is 5.32 Å². The van der Waals surface area contributed by atoms with Gasteiger partial charge in [0.25, 0.3) is 0 Å². The Morgan fingerprint density at radius 2 is 2.00 bits per heavy atom. The third-order valence-electron chi connectivity index (χ3n) is 4.31. The van der Waals surface area contributed by atoms with Crippen LogP contribution in [0.5, 0.6) is 0 Å². The molecule has 0 saturated heterocycles. The van der Waals surface area contributed by atoms with Gasteiger partial charge < -0.3 is 9.88 Å². The van der Waals surface area contributed by atoms with E-state index in [0.29, 0.717) is 11.4 Å². The molecule has 1 atom stereocenters. The minimum atomic E-state index is -0.326. The smallest absolute Gasteiger partial charge is 0.232 e. The number of nitrogens with one attached hydrogen (secondary N) is 1. The van der Waals surface area contributed by atoms with Gasteiger partial charge in [0.05, 0.1) is 17.2 Å². The van der Waals surface area contributed by atoms with Crippen molar-refractivity contribution in [3.05, 3.63) is 34.8 Å². The van der Waals surface area contributed by atoms with Crippen LogP contribution >= 0.6 is 0 Å². The molecule has 0 saturated carbocycles. The summed E-state index contributed by atoms with van der Waals surface area (Å²) in [6.45, 7) is 11.8. The van der Waals surface area contributed by atoms with E-state index in [1.807, 2.05) is 53.2 Å². The lowest BCUT2D eigenvalue weighted by Gasteiger charge is -2.25. The molecule has 0 bridgehead atoms. The number of hydrogen-bond acceptors (Lipinski definition) is 3. The van der Waals surface area contributed by atoms with E-state index in [1.54, 1.807) is 16.9 Å². The summed E-state index contributed by atoms with van der Waals surface area (Å²) in [5.41, 5.74) is 3.09. The summed E-state index contributed by atoms with van der Waals surface area (Å²) in [5.74, 6) is 0.199. The Bertz CT molecular complexity index is 814. The van der Waals surface area contributed by atoms with Crippen molar-refractivity contribution in [1.29, 1.82) is 5.26 Å². The molecule has 128 valence electrons. The quantitative estimate of drug-likeness (QED) is 0.940. The number of hydrogen-bond donors (Lipinski definition) is 1. The number of nitrogens with zero attached hydrogens (tertiary/aromatic N) is 4. The molecule has 6 heteroatoms. The van der Waals surface area contributed by atoms with Crippen molar-refractivity contribution in [3.8, 4) is 6.07 Å². The van der Waals surface area contributed by atoms with Crippen LogP contribution in [-0.2, 0) is 17.4 Å².